The summed E-state index contributed by atoms with van der Waals surface area (Å²) in [5, 5.41) is 7.46. The smallest absolute Gasteiger partial charge is 0.0714 e. The molecule has 0 amide bonds. The number of fused-ring (bicyclic) bond motifs is 10. The Labute approximate surface area is 398 Å². The molecular formula is C65H42N2S. The van der Waals surface area contributed by atoms with Crippen LogP contribution in [0.1, 0.15) is 22.3 Å². The SMILES string of the molecule is c1ccc(C2(c3ccccc3)c3ccccc3-c3ccc(N(c4ccccc4-c4ccc5c6ccccc6n(-c6cccc7sc8ccccc8c67)c5c4)c4cccc5ccccc45)cc32)cc1. The van der Waals surface area contributed by atoms with Crippen molar-refractivity contribution in [1.82, 2.24) is 4.57 Å². The molecule has 11 aromatic carbocycles. The van der Waals surface area contributed by atoms with Crippen molar-refractivity contribution in [3.63, 3.8) is 0 Å². The van der Waals surface area contributed by atoms with E-state index in [0.29, 0.717) is 0 Å². The van der Waals surface area contributed by atoms with Crippen LogP contribution in [0.15, 0.2) is 255 Å². The number of hydrogen-bond donors (Lipinski definition) is 0. The second-order valence-corrected chi connectivity index (χ2v) is 19.0. The fourth-order valence-corrected chi connectivity index (χ4v) is 12.8. The number of aromatic nitrogens is 1. The average Bonchev–Trinajstić information content (AvgIpc) is 4.06. The van der Waals surface area contributed by atoms with E-state index >= 15 is 0 Å². The summed E-state index contributed by atoms with van der Waals surface area (Å²) in [5.41, 5.74) is 16.3. The summed E-state index contributed by atoms with van der Waals surface area (Å²) < 4.78 is 5.10. The van der Waals surface area contributed by atoms with E-state index in [-0.39, 0.29) is 0 Å². The first kappa shape index (κ1) is 38.7. The lowest BCUT2D eigenvalue weighted by molar-refractivity contribution is 0.768. The summed E-state index contributed by atoms with van der Waals surface area (Å²) in [7, 11) is 0. The van der Waals surface area contributed by atoms with Gasteiger partial charge in [0.05, 0.1) is 33.5 Å². The molecule has 2 heterocycles. The largest absolute Gasteiger partial charge is 0.309 e. The molecule has 0 saturated heterocycles. The van der Waals surface area contributed by atoms with E-state index in [2.05, 4.69) is 264 Å². The van der Waals surface area contributed by atoms with Gasteiger partial charge in [-0.25, -0.2) is 0 Å². The maximum absolute atomic E-state index is 2.51. The molecule has 0 N–H and O–H groups in total. The Morgan fingerprint density at radius 2 is 0.971 bits per heavy atom. The Hall–Kier alpha value is -8.50. The van der Waals surface area contributed by atoms with Gasteiger partial charge in [-0.15, -0.1) is 11.3 Å². The molecule has 1 aliphatic carbocycles. The molecule has 3 heteroatoms. The Kier molecular flexibility index (Phi) is 8.71. The summed E-state index contributed by atoms with van der Waals surface area (Å²) in [6, 6.07) is 94.5. The van der Waals surface area contributed by atoms with E-state index in [1.807, 2.05) is 11.3 Å². The number of hydrogen-bond acceptors (Lipinski definition) is 2. The number of anilines is 3. The molecule has 0 radical (unpaired) electrons. The van der Waals surface area contributed by atoms with Crippen LogP contribution in [-0.2, 0) is 5.41 Å². The summed E-state index contributed by atoms with van der Waals surface area (Å²) in [6.07, 6.45) is 0. The molecule has 0 saturated carbocycles. The molecule has 2 aromatic heterocycles. The second kappa shape index (κ2) is 15.3. The first-order valence-electron chi connectivity index (χ1n) is 23.4. The molecule has 0 unspecified atom stereocenters. The van der Waals surface area contributed by atoms with Crippen molar-refractivity contribution in [3.05, 3.63) is 277 Å². The zero-order chi connectivity index (χ0) is 44.8. The monoisotopic (exact) mass is 882 g/mol. The molecule has 0 aliphatic heterocycles. The van der Waals surface area contributed by atoms with Gasteiger partial charge in [0, 0.05) is 47.6 Å². The average molecular weight is 883 g/mol. The fraction of sp³-hybridized carbons (Fsp3) is 0.0154. The lowest BCUT2D eigenvalue weighted by Gasteiger charge is -2.35. The molecule has 68 heavy (non-hydrogen) atoms. The van der Waals surface area contributed by atoms with Gasteiger partial charge in [0.1, 0.15) is 0 Å². The van der Waals surface area contributed by atoms with E-state index in [0.717, 1.165) is 28.2 Å². The van der Waals surface area contributed by atoms with Gasteiger partial charge in [-0.1, -0.05) is 200 Å². The minimum atomic E-state index is -0.538. The van der Waals surface area contributed by atoms with Crippen molar-refractivity contribution in [2.24, 2.45) is 0 Å². The molecule has 2 nitrogen and oxygen atoms in total. The second-order valence-electron chi connectivity index (χ2n) is 17.9. The van der Waals surface area contributed by atoms with Crippen LogP contribution in [-0.4, -0.2) is 4.57 Å². The minimum Gasteiger partial charge on any atom is -0.309 e. The van der Waals surface area contributed by atoms with E-state index in [1.165, 1.54) is 91.8 Å². The third-order valence-corrected chi connectivity index (χ3v) is 15.6. The summed E-state index contributed by atoms with van der Waals surface area (Å²) in [6.45, 7) is 0. The van der Waals surface area contributed by atoms with Gasteiger partial charge in [0.2, 0.25) is 0 Å². The predicted molar refractivity (Wildman–Crippen MR) is 289 cm³/mol. The normalized spacial score (nSPS) is 12.8. The predicted octanol–water partition coefficient (Wildman–Crippen LogP) is 17.8. The molecular weight excluding hydrogens is 841 g/mol. The summed E-state index contributed by atoms with van der Waals surface area (Å²) in [4.78, 5) is 2.51. The van der Waals surface area contributed by atoms with Crippen LogP contribution < -0.4 is 4.90 Å². The van der Waals surface area contributed by atoms with E-state index in [9.17, 15) is 0 Å². The first-order chi connectivity index (χ1) is 33.8. The van der Waals surface area contributed by atoms with Crippen molar-refractivity contribution in [2.75, 3.05) is 4.90 Å². The third-order valence-electron chi connectivity index (χ3n) is 14.5. The highest BCUT2D eigenvalue weighted by Crippen LogP contribution is 2.58. The Balaban J connectivity index is 1.03. The lowest BCUT2D eigenvalue weighted by Crippen LogP contribution is -2.28. The topological polar surface area (TPSA) is 8.17 Å². The van der Waals surface area contributed by atoms with Crippen molar-refractivity contribution in [1.29, 1.82) is 0 Å². The van der Waals surface area contributed by atoms with Crippen molar-refractivity contribution in [3.8, 4) is 27.9 Å². The number of rotatable bonds is 7. The summed E-state index contributed by atoms with van der Waals surface area (Å²) >= 11 is 1.87. The highest BCUT2D eigenvalue weighted by atomic mass is 32.1. The maximum atomic E-state index is 2.51. The third kappa shape index (κ3) is 5.63. The summed E-state index contributed by atoms with van der Waals surface area (Å²) in [5.74, 6) is 0. The van der Waals surface area contributed by atoms with Crippen LogP contribution >= 0.6 is 11.3 Å². The molecule has 0 bridgehead atoms. The van der Waals surface area contributed by atoms with Gasteiger partial charge >= 0.3 is 0 Å². The number of thiophene rings is 1. The highest BCUT2D eigenvalue weighted by molar-refractivity contribution is 7.25. The van der Waals surface area contributed by atoms with Crippen LogP contribution in [0.25, 0.3) is 80.7 Å². The molecule has 0 atom stereocenters. The number of nitrogens with zero attached hydrogens (tertiary/aromatic N) is 2. The van der Waals surface area contributed by atoms with Crippen LogP contribution in [0, 0.1) is 0 Å². The zero-order valence-corrected chi connectivity index (χ0v) is 37.9. The van der Waals surface area contributed by atoms with Gasteiger partial charge in [0.15, 0.2) is 0 Å². The van der Waals surface area contributed by atoms with Crippen molar-refractivity contribution >= 4 is 81.1 Å². The van der Waals surface area contributed by atoms with Crippen LogP contribution in [0.3, 0.4) is 0 Å². The number of benzene rings is 11. The van der Waals surface area contributed by atoms with Crippen LogP contribution in [0.4, 0.5) is 17.1 Å². The standard InChI is InChI=1S/C65H42N2S/c1-3-21-45(22-4-1)65(46-23-5-2-6-24-46)55-30-13-9-27-50(55)51-40-38-47(42-56(51)65)66(58-33-17-20-43-19-7-8-25-48(43)58)57-31-14-10-26-49(57)44-37-39-53-52-28-11-15-32-59(52)67(61(53)41-44)60-34-18-36-63-64(60)54-29-12-16-35-62(54)68-63/h1-42H. The van der Waals surface area contributed by atoms with Crippen LogP contribution in [0.2, 0.25) is 0 Å². The van der Waals surface area contributed by atoms with Gasteiger partial charge < -0.3 is 9.47 Å². The van der Waals surface area contributed by atoms with Gasteiger partial charge in [-0.3, -0.25) is 0 Å². The first-order valence-corrected chi connectivity index (χ1v) is 24.2. The molecule has 13 aromatic rings. The highest BCUT2D eigenvalue weighted by Gasteiger charge is 2.46. The van der Waals surface area contributed by atoms with Gasteiger partial charge in [-0.2, -0.15) is 0 Å². The van der Waals surface area contributed by atoms with E-state index < -0.39 is 5.41 Å². The Morgan fingerprint density at radius 3 is 1.81 bits per heavy atom. The molecule has 1 aliphatic rings. The quantitative estimate of drug-likeness (QED) is 0.155. The molecule has 14 rings (SSSR count). The van der Waals surface area contributed by atoms with Gasteiger partial charge in [-0.05, 0) is 98.9 Å². The molecule has 0 spiro atoms. The Bertz CT molecular complexity index is 4060. The van der Waals surface area contributed by atoms with E-state index in [1.54, 1.807) is 0 Å². The van der Waals surface area contributed by atoms with E-state index in [4.69, 9.17) is 0 Å². The van der Waals surface area contributed by atoms with Gasteiger partial charge in [0.25, 0.3) is 0 Å². The van der Waals surface area contributed by atoms with Crippen molar-refractivity contribution < 1.29 is 0 Å². The molecule has 0 fully saturated rings. The lowest BCUT2D eigenvalue weighted by atomic mass is 9.67. The molecule has 318 valence electrons. The maximum Gasteiger partial charge on any atom is 0.0714 e. The minimum absolute atomic E-state index is 0.538. The van der Waals surface area contributed by atoms with Crippen LogP contribution in [0.5, 0.6) is 0 Å². The zero-order valence-electron chi connectivity index (χ0n) is 37.1. The van der Waals surface area contributed by atoms with Crippen molar-refractivity contribution in [2.45, 2.75) is 5.41 Å². The fourth-order valence-electron chi connectivity index (χ4n) is 11.6. The Morgan fingerprint density at radius 1 is 0.368 bits per heavy atom. The number of para-hydroxylation sites is 2.